The molecule has 2 rings (SSSR count). The van der Waals surface area contributed by atoms with Crippen molar-refractivity contribution >= 4 is 5.69 Å². The van der Waals surface area contributed by atoms with Crippen LogP contribution in [0.3, 0.4) is 0 Å². The lowest BCUT2D eigenvalue weighted by Gasteiger charge is -2.22. The Morgan fingerprint density at radius 2 is 2.21 bits per heavy atom. The molecule has 0 saturated carbocycles. The number of aryl methyl sites for hydroxylation is 1. The molecule has 106 valence electrons. The van der Waals surface area contributed by atoms with Crippen LogP contribution in [0.2, 0.25) is 0 Å². The summed E-state index contributed by atoms with van der Waals surface area (Å²) in [6.45, 7) is 9.91. The molecule has 0 aromatic heterocycles. The van der Waals surface area contributed by atoms with E-state index in [0.29, 0.717) is 6.04 Å². The van der Waals surface area contributed by atoms with E-state index in [4.69, 9.17) is 4.74 Å². The summed E-state index contributed by atoms with van der Waals surface area (Å²) in [4.78, 5) is 2.46. The summed E-state index contributed by atoms with van der Waals surface area (Å²) in [5, 5.41) is 3.54. The van der Waals surface area contributed by atoms with Gasteiger partial charge in [0.25, 0.3) is 0 Å². The number of anilines is 1. The molecule has 0 spiro atoms. The van der Waals surface area contributed by atoms with Crippen LogP contribution in [0.1, 0.15) is 25.8 Å². The molecule has 1 aromatic carbocycles. The Morgan fingerprint density at radius 3 is 2.89 bits per heavy atom. The molecule has 1 aliphatic heterocycles. The third kappa shape index (κ3) is 3.63. The van der Waals surface area contributed by atoms with Crippen LogP contribution in [-0.4, -0.2) is 32.8 Å². The molecular weight excluding hydrogens is 236 g/mol. The normalized spacial score (nSPS) is 19.2. The van der Waals surface area contributed by atoms with Gasteiger partial charge < -0.3 is 15.0 Å². The van der Waals surface area contributed by atoms with E-state index in [1.54, 1.807) is 7.11 Å². The van der Waals surface area contributed by atoms with E-state index in [0.717, 1.165) is 31.3 Å². The molecule has 3 heteroatoms. The van der Waals surface area contributed by atoms with Crippen LogP contribution in [0.15, 0.2) is 18.2 Å². The topological polar surface area (TPSA) is 24.5 Å². The Hall–Kier alpha value is -1.22. The smallest absolute Gasteiger partial charge is 0.142 e. The van der Waals surface area contributed by atoms with E-state index >= 15 is 0 Å². The van der Waals surface area contributed by atoms with E-state index in [-0.39, 0.29) is 0 Å². The third-order valence-electron chi connectivity index (χ3n) is 3.78. The molecule has 1 atom stereocenters. The maximum atomic E-state index is 5.49. The van der Waals surface area contributed by atoms with Gasteiger partial charge in [-0.25, -0.2) is 0 Å². The number of hydrogen-bond acceptors (Lipinski definition) is 3. The van der Waals surface area contributed by atoms with Crippen LogP contribution in [0, 0.1) is 12.8 Å². The average molecular weight is 262 g/mol. The molecule has 1 heterocycles. The Morgan fingerprint density at radius 1 is 1.42 bits per heavy atom. The quantitative estimate of drug-likeness (QED) is 0.883. The Kier molecular flexibility index (Phi) is 4.70. The molecule has 1 unspecified atom stereocenters. The highest BCUT2D eigenvalue weighted by atomic mass is 16.5. The van der Waals surface area contributed by atoms with Crippen molar-refractivity contribution in [2.45, 2.75) is 33.2 Å². The first-order valence-corrected chi connectivity index (χ1v) is 7.23. The average Bonchev–Trinajstić information content (AvgIpc) is 2.85. The van der Waals surface area contributed by atoms with E-state index < -0.39 is 0 Å². The largest absolute Gasteiger partial charge is 0.495 e. The molecule has 3 nitrogen and oxygen atoms in total. The van der Waals surface area contributed by atoms with Gasteiger partial charge in [0.2, 0.25) is 0 Å². The standard InChI is InChI=1S/C16H26N2O/c1-12(2)17-10-14-7-8-18(11-14)15-9-13(3)5-6-16(15)19-4/h5-6,9,12,14,17H,7-8,10-11H2,1-4H3. The molecule has 1 fully saturated rings. The van der Waals surface area contributed by atoms with Crippen molar-refractivity contribution < 1.29 is 4.74 Å². The molecular formula is C16H26N2O. The van der Waals surface area contributed by atoms with Crippen LogP contribution >= 0.6 is 0 Å². The van der Waals surface area contributed by atoms with E-state index in [1.807, 2.05) is 0 Å². The molecule has 1 aliphatic rings. The summed E-state index contributed by atoms with van der Waals surface area (Å²) in [5.74, 6) is 1.73. The lowest BCUT2D eigenvalue weighted by atomic mass is 10.1. The second-order valence-electron chi connectivity index (χ2n) is 5.84. The zero-order chi connectivity index (χ0) is 13.8. The minimum absolute atomic E-state index is 0.572. The molecule has 1 aromatic rings. The van der Waals surface area contributed by atoms with Crippen molar-refractivity contribution in [2.24, 2.45) is 5.92 Å². The highest BCUT2D eigenvalue weighted by molar-refractivity contribution is 5.60. The number of rotatable bonds is 5. The van der Waals surface area contributed by atoms with Gasteiger partial charge in [0, 0.05) is 19.1 Å². The minimum Gasteiger partial charge on any atom is -0.495 e. The summed E-state index contributed by atoms with van der Waals surface area (Å²) in [7, 11) is 1.75. The van der Waals surface area contributed by atoms with Gasteiger partial charge >= 0.3 is 0 Å². The maximum Gasteiger partial charge on any atom is 0.142 e. The SMILES string of the molecule is COc1ccc(C)cc1N1CCC(CNC(C)C)C1. The fourth-order valence-electron chi connectivity index (χ4n) is 2.67. The monoisotopic (exact) mass is 262 g/mol. The van der Waals surface area contributed by atoms with Crippen LogP contribution in [0.5, 0.6) is 5.75 Å². The molecule has 1 N–H and O–H groups in total. The van der Waals surface area contributed by atoms with Gasteiger partial charge in [-0.15, -0.1) is 0 Å². The van der Waals surface area contributed by atoms with Crippen molar-refractivity contribution in [3.63, 3.8) is 0 Å². The first-order chi connectivity index (χ1) is 9.10. The summed E-state index contributed by atoms with van der Waals surface area (Å²) in [6.07, 6.45) is 1.26. The van der Waals surface area contributed by atoms with E-state index in [9.17, 15) is 0 Å². The molecule has 0 aliphatic carbocycles. The lowest BCUT2D eigenvalue weighted by molar-refractivity contribution is 0.414. The third-order valence-corrected chi connectivity index (χ3v) is 3.78. The van der Waals surface area contributed by atoms with Gasteiger partial charge in [0.05, 0.1) is 12.8 Å². The molecule has 19 heavy (non-hydrogen) atoms. The Balaban J connectivity index is 2.02. The van der Waals surface area contributed by atoms with Crippen molar-refractivity contribution in [1.29, 1.82) is 0 Å². The highest BCUT2D eigenvalue weighted by Crippen LogP contribution is 2.32. The summed E-state index contributed by atoms with van der Waals surface area (Å²) < 4.78 is 5.49. The van der Waals surface area contributed by atoms with Crippen molar-refractivity contribution in [2.75, 3.05) is 31.6 Å². The van der Waals surface area contributed by atoms with Gasteiger partial charge in [-0.05, 0) is 43.5 Å². The van der Waals surface area contributed by atoms with Crippen molar-refractivity contribution in [3.05, 3.63) is 23.8 Å². The second-order valence-corrected chi connectivity index (χ2v) is 5.84. The lowest BCUT2D eigenvalue weighted by Crippen LogP contribution is -2.30. The number of nitrogens with one attached hydrogen (secondary N) is 1. The van der Waals surface area contributed by atoms with Crippen molar-refractivity contribution in [1.82, 2.24) is 5.32 Å². The van der Waals surface area contributed by atoms with Crippen molar-refractivity contribution in [3.8, 4) is 5.75 Å². The van der Waals surface area contributed by atoms with Crippen LogP contribution in [-0.2, 0) is 0 Å². The number of ether oxygens (including phenoxy) is 1. The first-order valence-electron chi connectivity index (χ1n) is 7.23. The van der Waals surface area contributed by atoms with Crippen LogP contribution in [0.4, 0.5) is 5.69 Å². The van der Waals surface area contributed by atoms with Crippen LogP contribution < -0.4 is 15.0 Å². The fourth-order valence-corrected chi connectivity index (χ4v) is 2.67. The molecule has 0 bridgehead atoms. The fraction of sp³-hybridized carbons (Fsp3) is 0.625. The summed E-state index contributed by atoms with van der Waals surface area (Å²) >= 11 is 0. The zero-order valence-electron chi connectivity index (χ0n) is 12.6. The summed E-state index contributed by atoms with van der Waals surface area (Å²) in [6, 6.07) is 6.99. The predicted molar refractivity (Wildman–Crippen MR) is 81.2 cm³/mol. The molecule has 0 amide bonds. The summed E-state index contributed by atoms with van der Waals surface area (Å²) in [5.41, 5.74) is 2.54. The van der Waals surface area contributed by atoms with Gasteiger partial charge in [-0.1, -0.05) is 19.9 Å². The molecule has 0 radical (unpaired) electrons. The predicted octanol–water partition coefficient (Wildman–Crippen LogP) is 2.83. The van der Waals surface area contributed by atoms with Gasteiger partial charge in [0.1, 0.15) is 5.75 Å². The highest BCUT2D eigenvalue weighted by Gasteiger charge is 2.24. The Labute approximate surface area is 116 Å². The van der Waals surface area contributed by atoms with E-state index in [2.05, 4.69) is 49.2 Å². The van der Waals surface area contributed by atoms with Gasteiger partial charge in [-0.3, -0.25) is 0 Å². The van der Waals surface area contributed by atoms with Gasteiger partial charge in [-0.2, -0.15) is 0 Å². The second kappa shape index (κ2) is 6.29. The van der Waals surface area contributed by atoms with Gasteiger partial charge in [0.15, 0.2) is 0 Å². The number of nitrogens with zero attached hydrogens (tertiary/aromatic N) is 1. The number of benzene rings is 1. The minimum atomic E-state index is 0.572. The van der Waals surface area contributed by atoms with Crippen LogP contribution in [0.25, 0.3) is 0 Å². The number of hydrogen-bond donors (Lipinski definition) is 1. The zero-order valence-corrected chi connectivity index (χ0v) is 12.6. The maximum absolute atomic E-state index is 5.49. The first kappa shape index (κ1) is 14.2. The van der Waals surface area contributed by atoms with E-state index in [1.165, 1.54) is 17.7 Å². The Bertz CT molecular complexity index is 417. The molecule has 1 saturated heterocycles. The number of methoxy groups -OCH3 is 1.